The quantitative estimate of drug-likeness (QED) is 0.873. The van der Waals surface area contributed by atoms with Crippen molar-refractivity contribution in [3.63, 3.8) is 0 Å². The van der Waals surface area contributed by atoms with Crippen molar-refractivity contribution in [3.8, 4) is 0 Å². The number of aryl methyl sites for hydroxylation is 2. The van der Waals surface area contributed by atoms with Crippen LogP contribution >= 0.6 is 0 Å². The summed E-state index contributed by atoms with van der Waals surface area (Å²) in [5.74, 6) is -0.227. The molecule has 0 fully saturated rings. The Morgan fingerprint density at radius 2 is 1.67 bits per heavy atom. The zero-order chi connectivity index (χ0) is 17.7. The molecule has 4 nitrogen and oxygen atoms in total. The number of carbonyl (C=O) groups is 2. The first-order valence-electron chi connectivity index (χ1n) is 7.75. The number of nitrogens with zero attached hydrogens (tertiary/aromatic N) is 1. The summed E-state index contributed by atoms with van der Waals surface area (Å²) in [6.07, 6.45) is 3.22. The van der Waals surface area contributed by atoms with E-state index in [1.807, 2.05) is 44.2 Å². The Labute approximate surface area is 142 Å². The average molecular weight is 322 g/mol. The summed E-state index contributed by atoms with van der Waals surface area (Å²) >= 11 is 0. The zero-order valence-corrected chi connectivity index (χ0v) is 14.5. The zero-order valence-electron chi connectivity index (χ0n) is 14.5. The summed E-state index contributed by atoms with van der Waals surface area (Å²) in [6, 6.07) is 13.1. The molecule has 0 saturated carbocycles. The van der Waals surface area contributed by atoms with Crippen LogP contribution in [-0.2, 0) is 4.79 Å². The number of anilines is 1. The van der Waals surface area contributed by atoms with E-state index in [0.717, 1.165) is 22.4 Å². The molecule has 0 saturated heterocycles. The maximum absolute atomic E-state index is 12.1. The molecule has 2 amide bonds. The lowest BCUT2D eigenvalue weighted by Crippen LogP contribution is -2.21. The summed E-state index contributed by atoms with van der Waals surface area (Å²) in [4.78, 5) is 25.4. The van der Waals surface area contributed by atoms with Crippen molar-refractivity contribution in [1.82, 2.24) is 4.90 Å². The lowest BCUT2D eigenvalue weighted by molar-refractivity contribution is -0.111. The van der Waals surface area contributed by atoms with Gasteiger partial charge in [0.2, 0.25) is 5.91 Å². The van der Waals surface area contributed by atoms with Crippen LogP contribution in [0.1, 0.15) is 27.0 Å². The van der Waals surface area contributed by atoms with Gasteiger partial charge in [-0.1, -0.05) is 24.3 Å². The minimum Gasteiger partial charge on any atom is -0.345 e. The van der Waals surface area contributed by atoms with Crippen LogP contribution in [0.5, 0.6) is 0 Å². The fourth-order valence-corrected chi connectivity index (χ4v) is 2.21. The molecule has 0 unspecified atom stereocenters. The molecule has 0 aliphatic carbocycles. The second kappa shape index (κ2) is 7.59. The normalized spacial score (nSPS) is 10.7. The van der Waals surface area contributed by atoms with Gasteiger partial charge in [-0.2, -0.15) is 0 Å². The maximum atomic E-state index is 12.1. The van der Waals surface area contributed by atoms with Crippen LogP contribution in [0, 0.1) is 13.8 Å². The SMILES string of the molecule is Cc1ccc(C)c(NC(=O)/C=C/c2ccc(C(=O)N(C)C)cc2)c1. The van der Waals surface area contributed by atoms with Crippen molar-refractivity contribution in [2.75, 3.05) is 19.4 Å². The van der Waals surface area contributed by atoms with Gasteiger partial charge in [-0.3, -0.25) is 9.59 Å². The van der Waals surface area contributed by atoms with Gasteiger partial charge in [0.15, 0.2) is 0 Å². The maximum Gasteiger partial charge on any atom is 0.253 e. The van der Waals surface area contributed by atoms with Gasteiger partial charge >= 0.3 is 0 Å². The molecule has 0 atom stereocenters. The Balaban J connectivity index is 2.03. The molecule has 1 N–H and O–H groups in total. The number of benzene rings is 2. The number of hydrogen-bond acceptors (Lipinski definition) is 2. The molecule has 2 rings (SSSR count). The smallest absolute Gasteiger partial charge is 0.253 e. The molecule has 0 radical (unpaired) electrons. The van der Waals surface area contributed by atoms with Crippen LogP contribution < -0.4 is 5.32 Å². The molecular weight excluding hydrogens is 300 g/mol. The van der Waals surface area contributed by atoms with Gasteiger partial charge < -0.3 is 10.2 Å². The first-order valence-corrected chi connectivity index (χ1v) is 7.75. The lowest BCUT2D eigenvalue weighted by atomic mass is 10.1. The highest BCUT2D eigenvalue weighted by Gasteiger charge is 2.06. The summed E-state index contributed by atoms with van der Waals surface area (Å²) in [5, 5.41) is 2.88. The minimum atomic E-state index is -0.183. The average Bonchev–Trinajstić information content (AvgIpc) is 2.56. The molecule has 0 bridgehead atoms. The summed E-state index contributed by atoms with van der Waals surface area (Å²) in [7, 11) is 3.43. The fraction of sp³-hybridized carbons (Fsp3) is 0.200. The molecule has 4 heteroatoms. The van der Waals surface area contributed by atoms with Crippen molar-refractivity contribution in [3.05, 3.63) is 70.8 Å². The van der Waals surface area contributed by atoms with Crippen molar-refractivity contribution < 1.29 is 9.59 Å². The van der Waals surface area contributed by atoms with E-state index < -0.39 is 0 Å². The van der Waals surface area contributed by atoms with E-state index in [4.69, 9.17) is 0 Å². The van der Waals surface area contributed by atoms with Crippen LogP contribution in [0.15, 0.2) is 48.5 Å². The number of amides is 2. The van der Waals surface area contributed by atoms with Crippen LogP contribution in [0.3, 0.4) is 0 Å². The molecule has 24 heavy (non-hydrogen) atoms. The van der Waals surface area contributed by atoms with E-state index in [9.17, 15) is 9.59 Å². The molecule has 0 aliphatic heterocycles. The third-order valence-electron chi connectivity index (χ3n) is 3.64. The van der Waals surface area contributed by atoms with Gasteiger partial charge in [-0.15, -0.1) is 0 Å². The molecule has 0 aliphatic rings. The molecule has 0 heterocycles. The number of rotatable bonds is 4. The second-order valence-corrected chi connectivity index (χ2v) is 5.96. The summed E-state index contributed by atoms with van der Waals surface area (Å²) < 4.78 is 0. The number of nitrogens with one attached hydrogen (secondary N) is 1. The lowest BCUT2D eigenvalue weighted by Gasteiger charge is -2.10. The van der Waals surface area contributed by atoms with E-state index in [0.29, 0.717) is 5.56 Å². The predicted octanol–water partition coefficient (Wildman–Crippen LogP) is 3.66. The van der Waals surface area contributed by atoms with Crippen LogP contribution in [0.25, 0.3) is 6.08 Å². The van der Waals surface area contributed by atoms with E-state index in [1.54, 1.807) is 32.3 Å². The molecule has 0 aromatic heterocycles. The second-order valence-electron chi connectivity index (χ2n) is 5.96. The van der Waals surface area contributed by atoms with Gasteiger partial charge in [0.25, 0.3) is 5.91 Å². The predicted molar refractivity (Wildman–Crippen MR) is 98.0 cm³/mol. The Hall–Kier alpha value is -2.88. The first-order chi connectivity index (χ1) is 11.4. The minimum absolute atomic E-state index is 0.0433. The topological polar surface area (TPSA) is 49.4 Å². The van der Waals surface area contributed by atoms with Crippen LogP contribution in [-0.4, -0.2) is 30.8 Å². The van der Waals surface area contributed by atoms with Crippen molar-refractivity contribution in [1.29, 1.82) is 0 Å². The molecule has 2 aromatic rings. The van der Waals surface area contributed by atoms with Crippen LogP contribution in [0.2, 0.25) is 0 Å². The number of carbonyl (C=O) groups excluding carboxylic acids is 2. The van der Waals surface area contributed by atoms with Gasteiger partial charge in [-0.25, -0.2) is 0 Å². The summed E-state index contributed by atoms with van der Waals surface area (Å²) in [5.41, 5.74) is 4.42. The Morgan fingerprint density at radius 3 is 2.29 bits per heavy atom. The monoisotopic (exact) mass is 322 g/mol. The van der Waals surface area contributed by atoms with E-state index >= 15 is 0 Å². The molecule has 124 valence electrons. The third-order valence-corrected chi connectivity index (χ3v) is 3.64. The fourth-order valence-electron chi connectivity index (χ4n) is 2.21. The van der Waals surface area contributed by atoms with Crippen LogP contribution in [0.4, 0.5) is 5.69 Å². The van der Waals surface area contributed by atoms with Gasteiger partial charge in [0.05, 0.1) is 0 Å². The van der Waals surface area contributed by atoms with Crippen molar-refractivity contribution in [2.45, 2.75) is 13.8 Å². The third kappa shape index (κ3) is 4.56. The highest BCUT2D eigenvalue weighted by atomic mass is 16.2. The Morgan fingerprint density at radius 1 is 1.00 bits per heavy atom. The first kappa shape index (κ1) is 17.5. The van der Waals surface area contributed by atoms with Crippen molar-refractivity contribution >= 4 is 23.6 Å². The standard InChI is InChI=1S/C20H22N2O2/c1-14-5-6-15(2)18(13-14)21-19(23)12-9-16-7-10-17(11-8-16)20(24)22(3)4/h5-13H,1-4H3,(H,21,23)/b12-9+. The highest BCUT2D eigenvalue weighted by Crippen LogP contribution is 2.16. The Bertz CT molecular complexity index is 775. The van der Waals surface area contributed by atoms with E-state index in [2.05, 4.69) is 5.32 Å². The van der Waals surface area contributed by atoms with Gasteiger partial charge in [0, 0.05) is 31.4 Å². The molecule has 0 spiro atoms. The van der Waals surface area contributed by atoms with Gasteiger partial charge in [0.1, 0.15) is 0 Å². The number of hydrogen-bond donors (Lipinski definition) is 1. The molecular formula is C20H22N2O2. The molecule has 2 aromatic carbocycles. The largest absolute Gasteiger partial charge is 0.345 e. The van der Waals surface area contributed by atoms with E-state index in [1.165, 1.54) is 11.0 Å². The van der Waals surface area contributed by atoms with Gasteiger partial charge in [-0.05, 0) is 54.8 Å². The Kier molecular flexibility index (Phi) is 5.53. The highest BCUT2D eigenvalue weighted by molar-refractivity contribution is 6.02. The van der Waals surface area contributed by atoms with E-state index in [-0.39, 0.29) is 11.8 Å². The van der Waals surface area contributed by atoms with Crippen molar-refractivity contribution in [2.24, 2.45) is 0 Å². The summed E-state index contributed by atoms with van der Waals surface area (Å²) in [6.45, 7) is 3.95.